The van der Waals surface area contributed by atoms with Gasteiger partial charge >= 0.3 is 5.97 Å². The number of hydrogen-bond acceptors (Lipinski definition) is 5. The van der Waals surface area contributed by atoms with Crippen molar-refractivity contribution in [2.75, 3.05) is 12.4 Å². The lowest BCUT2D eigenvalue weighted by molar-refractivity contribution is -0.148. The first-order valence-electron chi connectivity index (χ1n) is 9.61. The van der Waals surface area contributed by atoms with Gasteiger partial charge in [-0.2, -0.15) is 0 Å². The summed E-state index contributed by atoms with van der Waals surface area (Å²) in [5.74, 6) is -1.34. The Hall–Kier alpha value is -1.89. The highest BCUT2D eigenvalue weighted by Crippen LogP contribution is 2.17. The van der Waals surface area contributed by atoms with E-state index in [1.807, 2.05) is 6.92 Å². The van der Waals surface area contributed by atoms with Gasteiger partial charge in [0.2, 0.25) is 0 Å². The molecule has 1 aromatic rings. The molecule has 0 spiro atoms. The number of benzene rings is 1. The number of carbonyl (C=O) groups excluding carboxylic acids is 2. The van der Waals surface area contributed by atoms with E-state index in [9.17, 15) is 18.0 Å². The van der Waals surface area contributed by atoms with Crippen LogP contribution in [-0.4, -0.2) is 38.7 Å². The third kappa shape index (κ3) is 7.71. The van der Waals surface area contributed by atoms with Crippen LogP contribution in [0.4, 0.5) is 0 Å². The Kier molecular flexibility index (Phi) is 8.28. The molecule has 0 saturated heterocycles. The van der Waals surface area contributed by atoms with E-state index in [-0.39, 0.29) is 35.6 Å². The number of amides is 1. The third-order valence-corrected chi connectivity index (χ3v) is 6.52. The molecule has 0 heterocycles. The van der Waals surface area contributed by atoms with Crippen LogP contribution in [-0.2, 0) is 24.2 Å². The van der Waals surface area contributed by atoms with E-state index in [1.54, 1.807) is 12.1 Å². The molecule has 150 valence electrons. The lowest BCUT2D eigenvalue weighted by Gasteiger charge is -2.20. The van der Waals surface area contributed by atoms with E-state index in [1.165, 1.54) is 31.4 Å². The van der Waals surface area contributed by atoms with E-state index in [0.717, 1.165) is 31.2 Å². The van der Waals surface area contributed by atoms with E-state index >= 15 is 0 Å². The fourth-order valence-corrected chi connectivity index (χ4v) is 4.39. The maximum atomic E-state index is 12.2. The predicted octanol–water partition coefficient (Wildman–Crippen LogP) is 2.93. The zero-order valence-corrected chi connectivity index (χ0v) is 16.7. The Balaban J connectivity index is 1.72. The number of sulfone groups is 1. The molecule has 0 unspecified atom stereocenters. The molecule has 1 aromatic carbocycles. The molecule has 0 atom stereocenters. The maximum absolute atomic E-state index is 12.2. The molecule has 1 saturated carbocycles. The van der Waals surface area contributed by atoms with Crippen molar-refractivity contribution in [3.05, 3.63) is 29.8 Å². The normalized spacial score (nSPS) is 16.2. The SMILES string of the molecule is Cc1ccc(S(=O)(=O)CCC(=O)OCC(=O)NC2CCCCCCC2)cc1. The van der Waals surface area contributed by atoms with Crippen molar-refractivity contribution in [3.8, 4) is 0 Å². The highest BCUT2D eigenvalue weighted by Gasteiger charge is 2.19. The van der Waals surface area contributed by atoms with Crippen LogP contribution in [0.3, 0.4) is 0 Å². The van der Waals surface area contributed by atoms with Gasteiger partial charge in [0.1, 0.15) is 0 Å². The highest BCUT2D eigenvalue weighted by molar-refractivity contribution is 7.91. The summed E-state index contributed by atoms with van der Waals surface area (Å²) in [5.41, 5.74) is 0.962. The zero-order valence-electron chi connectivity index (χ0n) is 15.9. The smallest absolute Gasteiger partial charge is 0.307 e. The van der Waals surface area contributed by atoms with E-state index in [0.29, 0.717) is 0 Å². The topological polar surface area (TPSA) is 89.5 Å². The number of carbonyl (C=O) groups is 2. The van der Waals surface area contributed by atoms with Gasteiger partial charge in [0.15, 0.2) is 16.4 Å². The molecule has 2 rings (SSSR count). The molecule has 1 fully saturated rings. The second kappa shape index (κ2) is 10.4. The van der Waals surface area contributed by atoms with Gasteiger partial charge in [-0.25, -0.2) is 8.42 Å². The molecule has 7 heteroatoms. The maximum Gasteiger partial charge on any atom is 0.307 e. The quantitative estimate of drug-likeness (QED) is 0.717. The molecule has 0 radical (unpaired) electrons. The molecule has 27 heavy (non-hydrogen) atoms. The average Bonchev–Trinajstić information content (AvgIpc) is 2.61. The highest BCUT2D eigenvalue weighted by atomic mass is 32.2. The summed E-state index contributed by atoms with van der Waals surface area (Å²) in [6.07, 6.45) is 7.47. The second-order valence-electron chi connectivity index (χ2n) is 7.15. The molecule has 1 aliphatic carbocycles. The predicted molar refractivity (Wildman–Crippen MR) is 103 cm³/mol. The molecule has 1 aliphatic rings. The minimum atomic E-state index is -3.54. The molecule has 1 amide bonds. The van der Waals surface area contributed by atoms with Gasteiger partial charge in [0.05, 0.1) is 17.1 Å². The van der Waals surface area contributed by atoms with Gasteiger partial charge in [-0.05, 0) is 31.9 Å². The summed E-state index contributed by atoms with van der Waals surface area (Å²) in [7, 11) is -3.54. The van der Waals surface area contributed by atoms with Gasteiger partial charge in [-0.15, -0.1) is 0 Å². The molecule has 1 N–H and O–H groups in total. The van der Waals surface area contributed by atoms with Crippen LogP contribution in [0.1, 0.15) is 56.9 Å². The standard InChI is InChI=1S/C20H29NO5S/c1-16-9-11-18(12-10-16)27(24,25)14-13-20(23)26-15-19(22)21-17-7-5-3-2-4-6-8-17/h9-12,17H,2-8,13-15H2,1H3,(H,21,22). The van der Waals surface area contributed by atoms with E-state index < -0.39 is 15.8 Å². The van der Waals surface area contributed by atoms with Crippen molar-refractivity contribution in [1.29, 1.82) is 0 Å². The van der Waals surface area contributed by atoms with Crippen LogP contribution in [0.2, 0.25) is 0 Å². The lowest BCUT2D eigenvalue weighted by Crippen LogP contribution is -2.38. The summed E-state index contributed by atoms with van der Waals surface area (Å²) >= 11 is 0. The minimum Gasteiger partial charge on any atom is -0.456 e. The van der Waals surface area contributed by atoms with Crippen molar-refractivity contribution in [2.45, 2.75) is 69.2 Å². The van der Waals surface area contributed by atoms with Gasteiger partial charge in [-0.1, -0.05) is 49.8 Å². The van der Waals surface area contributed by atoms with Crippen LogP contribution < -0.4 is 5.32 Å². The van der Waals surface area contributed by atoms with Crippen molar-refractivity contribution < 1.29 is 22.7 Å². The van der Waals surface area contributed by atoms with E-state index in [2.05, 4.69) is 5.32 Å². The molecule has 0 bridgehead atoms. The van der Waals surface area contributed by atoms with Crippen molar-refractivity contribution >= 4 is 21.7 Å². The van der Waals surface area contributed by atoms with Crippen LogP contribution in [0.15, 0.2) is 29.2 Å². The minimum absolute atomic E-state index is 0.137. The molecule has 0 aliphatic heterocycles. The average molecular weight is 396 g/mol. The summed E-state index contributed by atoms with van der Waals surface area (Å²) < 4.78 is 29.4. The number of aryl methyl sites for hydroxylation is 1. The van der Waals surface area contributed by atoms with E-state index in [4.69, 9.17) is 4.74 Å². The first-order chi connectivity index (χ1) is 12.9. The largest absolute Gasteiger partial charge is 0.456 e. The van der Waals surface area contributed by atoms with Gasteiger partial charge in [0, 0.05) is 6.04 Å². The number of nitrogens with one attached hydrogen (secondary N) is 1. The Morgan fingerprint density at radius 1 is 1.04 bits per heavy atom. The summed E-state index contributed by atoms with van der Waals surface area (Å²) in [6, 6.07) is 6.62. The van der Waals surface area contributed by atoms with Crippen LogP contribution in [0.25, 0.3) is 0 Å². The number of rotatable bonds is 7. The second-order valence-corrected chi connectivity index (χ2v) is 9.26. The van der Waals surface area contributed by atoms with Crippen LogP contribution in [0, 0.1) is 6.92 Å². The van der Waals surface area contributed by atoms with Crippen LogP contribution >= 0.6 is 0 Å². The Labute approximate surface area is 161 Å². The lowest BCUT2D eigenvalue weighted by atomic mass is 9.97. The zero-order chi connectivity index (χ0) is 19.7. The Morgan fingerprint density at radius 3 is 2.26 bits per heavy atom. The van der Waals surface area contributed by atoms with Crippen molar-refractivity contribution in [1.82, 2.24) is 5.32 Å². The molecular weight excluding hydrogens is 366 g/mol. The molecule has 0 aromatic heterocycles. The van der Waals surface area contributed by atoms with Crippen molar-refractivity contribution in [3.63, 3.8) is 0 Å². The van der Waals surface area contributed by atoms with Crippen molar-refractivity contribution in [2.24, 2.45) is 0 Å². The molecular formula is C20H29NO5S. The fourth-order valence-electron chi connectivity index (χ4n) is 3.17. The third-order valence-electron chi connectivity index (χ3n) is 4.79. The van der Waals surface area contributed by atoms with Gasteiger partial charge < -0.3 is 10.1 Å². The first-order valence-corrected chi connectivity index (χ1v) is 11.3. The fraction of sp³-hybridized carbons (Fsp3) is 0.600. The number of esters is 1. The summed E-state index contributed by atoms with van der Waals surface area (Å²) in [6.45, 7) is 1.51. The Morgan fingerprint density at radius 2 is 1.63 bits per heavy atom. The van der Waals surface area contributed by atoms with Gasteiger partial charge in [0.25, 0.3) is 5.91 Å². The van der Waals surface area contributed by atoms with Gasteiger partial charge in [-0.3, -0.25) is 9.59 Å². The monoisotopic (exact) mass is 395 g/mol. The van der Waals surface area contributed by atoms with Crippen LogP contribution in [0.5, 0.6) is 0 Å². The number of hydrogen-bond donors (Lipinski definition) is 1. The summed E-state index contributed by atoms with van der Waals surface area (Å²) in [4.78, 5) is 24.0. The Bertz CT molecular complexity index is 719. The number of ether oxygens (including phenoxy) is 1. The molecule has 6 nitrogen and oxygen atoms in total. The first kappa shape index (κ1) is 21.4. The summed E-state index contributed by atoms with van der Waals surface area (Å²) in [5, 5.41) is 2.91.